The molecule has 6 nitrogen and oxygen atoms in total. The molecule has 1 aliphatic heterocycles. The smallest absolute Gasteiger partial charge is 0.403 e. The van der Waals surface area contributed by atoms with E-state index in [2.05, 4.69) is 10.1 Å². The second kappa shape index (κ2) is 3.99. The van der Waals surface area contributed by atoms with Crippen molar-refractivity contribution in [1.82, 2.24) is 5.32 Å². The minimum Gasteiger partial charge on any atom is -0.403 e. The van der Waals surface area contributed by atoms with Gasteiger partial charge in [-0.3, -0.25) is 15.0 Å². The van der Waals surface area contributed by atoms with Gasteiger partial charge in [-0.1, -0.05) is 0 Å². The molecule has 0 radical (unpaired) electrons. The quantitative estimate of drug-likeness (QED) is 0.502. The van der Waals surface area contributed by atoms with E-state index in [-0.39, 0.29) is 23.3 Å². The molecule has 0 spiro atoms. The Bertz CT molecular complexity index is 457. The van der Waals surface area contributed by atoms with E-state index in [9.17, 15) is 4.79 Å². The van der Waals surface area contributed by atoms with Gasteiger partial charge in [-0.15, -0.1) is 0 Å². The molecule has 1 aromatic rings. The predicted molar refractivity (Wildman–Crippen MR) is 57.7 cm³/mol. The summed E-state index contributed by atoms with van der Waals surface area (Å²) in [7, 11) is 1.68. The molecule has 0 bridgehead atoms. The zero-order valence-corrected chi connectivity index (χ0v) is 9.43. The first-order valence-electron chi connectivity index (χ1n) is 5.11. The van der Waals surface area contributed by atoms with E-state index in [1.807, 2.05) is 0 Å². The van der Waals surface area contributed by atoms with Crippen molar-refractivity contribution in [2.45, 2.75) is 19.1 Å². The molecule has 0 amide bonds. The van der Waals surface area contributed by atoms with Crippen LogP contribution in [0.1, 0.15) is 17.3 Å². The number of fused-ring (bicyclic) bond motifs is 1. The summed E-state index contributed by atoms with van der Waals surface area (Å²) in [6, 6.07) is 4.09. The van der Waals surface area contributed by atoms with Gasteiger partial charge in [-0.2, -0.15) is 0 Å². The highest BCUT2D eigenvalue weighted by atomic mass is 17.0. The number of hydrogen-bond donors (Lipinski definition) is 3. The van der Waals surface area contributed by atoms with Crippen molar-refractivity contribution >= 4 is 5.78 Å². The molecule has 0 aliphatic carbocycles. The Balaban J connectivity index is 2.28. The highest BCUT2D eigenvalue weighted by molar-refractivity contribution is 6.00. The number of Topliss-reactive ketones (excluding diaryl/α,β-unsaturated/α-hetero) is 1. The number of nitrogens with one attached hydrogen (secondary N) is 1. The van der Waals surface area contributed by atoms with E-state index < -0.39 is 6.16 Å². The number of carbonyl (C=O) groups excluding carboxylic acids is 1. The van der Waals surface area contributed by atoms with Gasteiger partial charge in [0.1, 0.15) is 0 Å². The van der Waals surface area contributed by atoms with E-state index in [1.54, 1.807) is 20.0 Å². The van der Waals surface area contributed by atoms with Crippen LogP contribution in [-0.4, -0.2) is 35.2 Å². The van der Waals surface area contributed by atoms with Gasteiger partial charge >= 0.3 is 6.16 Å². The van der Waals surface area contributed by atoms with Crippen molar-refractivity contribution in [2.75, 3.05) is 7.05 Å². The van der Waals surface area contributed by atoms with Gasteiger partial charge in [0.2, 0.25) is 0 Å². The van der Waals surface area contributed by atoms with Crippen LogP contribution in [0.15, 0.2) is 18.2 Å². The second-order valence-corrected chi connectivity index (χ2v) is 3.79. The Morgan fingerprint density at radius 1 is 1.35 bits per heavy atom. The summed E-state index contributed by atoms with van der Waals surface area (Å²) in [5.41, 5.74) is 0.409. The normalized spacial score (nSPS) is 17.9. The van der Waals surface area contributed by atoms with Crippen molar-refractivity contribution in [3.8, 4) is 11.5 Å². The van der Waals surface area contributed by atoms with E-state index in [0.29, 0.717) is 5.56 Å². The first-order valence-corrected chi connectivity index (χ1v) is 5.11. The predicted octanol–water partition coefficient (Wildman–Crippen LogP) is -0.156. The molecule has 6 heteroatoms. The molecule has 0 aromatic heterocycles. The number of ketones is 1. The number of rotatable bonds is 3. The third kappa shape index (κ3) is 2.23. The number of aliphatic hydroxyl groups is 2. The minimum absolute atomic E-state index is 0.118. The molecule has 92 valence electrons. The molecule has 1 aromatic carbocycles. The van der Waals surface area contributed by atoms with Crippen LogP contribution >= 0.6 is 0 Å². The molecule has 2 rings (SSSR count). The zero-order valence-electron chi connectivity index (χ0n) is 9.43. The molecule has 1 aliphatic rings. The Morgan fingerprint density at radius 2 is 2.00 bits per heavy atom. The van der Waals surface area contributed by atoms with Crippen LogP contribution in [0.2, 0.25) is 0 Å². The third-order valence-electron chi connectivity index (χ3n) is 2.54. The van der Waals surface area contributed by atoms with Crippen LogP contribution in [0.5, 0.6) is 11.5 Å². The summed E-state index contributed by atoms with van der Waals surface area (Å²) < 4.78 is 9.39. The maximum Gasteiger partial charge on any atom is 0.505 e. The SMILES string of the molecule is CNC(C)C(=O)c1ccc2c(c1)OC(O)(O)O2. The fourth-order valence-electron chi connectivity index (χ4n) is 1.51. The fourth-order valence-corrected chi connectivity index (χ4v) is 1.51. The van der Waals surface area contributed by atoms with Crippen molar-refractivity contribution in [3.63, 3.8) is 0 Å². The maximum absolute atomic E-state index is 11.9. The van der Waals surface area contributed by atoms with Gasteiger partial charge in [-0.25, -0.2) is 0 Å². The van der Waals surface area contributed by atoms with Crippen LogP contribution in [0.4, 0.5) is 0 Å². The summed E-state index contributed by atoms with van der Waals surface area (Å²) >= 11 is 0. The highest BCUT2D eigenvalue weighted by Crippen LogP contribution is 2.37. The maximum atomic E-state index is 11.9. The summed E-state index contributed by atoms with van der Waals surface area (Å²) in [6.45, 7) is 1.73. The van der Waals surface area contributed by atoms with Gasteiger partial charge in [0.05, 0.1) is 6.04 Å². The van der Waals surface area contributed by atoms with Crippen molar-refractivity contribution in [1.29, 1.82) is 0 Å². The summed E-state index contributed by atoms with van der Waals surface area (Å²) in [5, 5.41) is 21.1. The summed E-state index contributed by atoms with van der Waals surface area (Å²) in [5.74, 6) is 0.195. The molecule has 1 heterocycles. The molecule has 1 unspecified atom stereocenters. The van der Waals surface area contributed by atoms with Gasteiger partial charge in [-0.05, 0) is 32.2 Å². The van der Waals surface area contributed by atoms with E-state index >= 15 is 0 Å². The van der Waals surface area contributed by atoms with E-state index in [1.165, 1.54) is 12.1 Å². The molecular formula is C11H13NO5. The monoisotopic (exact) mass is 239 g/mol. The van der Waals surface area contributed by atoms with Crippen LogP contribution in [0.25, 0.3) is 0 Å². The van der Waals surface area contributed by atoms with E-state index in [4.69, 9.17) is 14.9 Å². The lowest BCUT2D eigenvalue weighted by Gasteiger charge is -2.10. The molecule has 17 heavy (non-hydrogen) atoms. The largest absolute Gasteiger partial charge is 0.505 e. The van der Waals surface area contributed by atoms with Crippen molar-refractivity contribution < 1.29 is 24.5 Å². The van der Waals surface area contributed by atoms with E-state index in [0.717, 1.165) is 0 Å². The summed E-state index contributed by atoms with van der Waals surface area (Å²) in [6.07, 6.45) is -2.65. The molecule has 0 saturated carbocycles. The number of ether oxygens (including phenoxy) is 2. The number of benzene rings is 1. The topological polar surface area (TPSA) is 88.0 Å². The van der Waals surface area contributed by atoms with Gasteiger partial charge in [0.25, 0.3) is 0 Å². The lowest BCUT2D eigenvalue weighted by Crippen LogP contribution is -2.37. The first kappa shape index (κ1) is 11.8. The third-order valence-corrected chi connectivity index (χ3v) is 2.54. The Morgan fingerprint density at radius 3 is 2.65 bits per heavy atom. The highest BCUT2D eigenvalue weighted by Gasteiger charge is 2.38. The lowest BCUT2D eigenvalue weighted by molar-refractivity contribution is -0.385. The van der Waals surface area contributed by atoms with Crippen LogP contribution in [-0.2, 0) is 0 Å². The Hall–Kier alpha value is -1.63. The number of likely N-dealkylation sites (N-methyl/N-ethyl adjacent to an activating group) is 1. The van der Waals surface area contributed by atoms with Crippen LogP contribution in [0, 0.1) is 0 Å². The average molecular weight is 239 g/mol. The molecular weight excluding hydrogens is 226 g/mol. The van der Waals surface area contributed by atoms with Crippen LogP contribution < -0.4 is 14.8 Å². The second-order valence-electron chi connectivity index (χ2n) is 3.79. The Kier molecular flexibility index (Phi) is 2.78. The molecule has 0 fully saturated rings. The Labute approximate surface area is 97.8 Å². The number of carbonyl (C=O) groups is 1. The zero-order chi connectivity index (χ0) is 12.6. The average Bonchev–Trinajstić information content (AvgIpc) is 2.59. The first-order chi connectivity index (χ1) is 7.93. The van der Waals surface area contributed by atoms with Crippen LogP contribution in [0.3, 0.4) is 0 Å². The number of hydrogen-bond acceptors (Lipinski definition) is 6. The summed E-state index contributed by atoms with van der Waals surface area (Å²) in [4.78, 5) is 11.9. The fraction of sp³-hybridized carbons (Fsp3) is 0.364. The lowest BCUT2D eigenvalue weighted by atomic mass is 10.1. The van der Waals surface area contributed by atoms with Crippen molar-refractivity contribution in [3.05, 3.63) is 23.8 Å². The molecule has 1 atom stereocenters. The minimum atomic E-state index is -2.65. The molecule has 0 saturated heterocycles. The van der Waals surface area contributed by atoms with Gasteiger partial charge in [0.15, 0.2) is 17.3 Å². The van der Waals surface area contributed by atoms with Gasteiger partial charge in [0, 0.05) is 5.56 Å². The van der Waals surface area contributed by atoms with Crippen molar-refractivity contribution in [2.24, 2.45) is 0 Å². The van der Waals surface area contributed by atoms with Gasteiger partial charge < -0.3 is 14.8 Å². The standard InChI is InChI=1S/C11H13NO5/c1-6(12-2)10(13)7-3-4-8-9(5-7)17-11(14,15)16-8/h3-6,12,14-15H,1-2H3. The molecule has 3 N–H and O–H groups in total.